The highest BCUT2D eigenvalue weighted by Gasteiger charge is 2.29. The number of hydrogen-bond donors (Lipinski definition) is 2. The lowest BCUT2D eigenvalue weighted by atomic mass is 10.2. The smallest absolute Gasteiger partial charge is 0.358 e. The average molecular weight is 561 g/mol. The second-order valence-electron chi connectivity index (χ2n) is 9.69. The first-order chi connectivity index (χ1) is 19.0. The van der Waals surface area contributed by atoms with Crippen LogP contribution >= 0.6 is 11.6 Å². The Hall–Kier alpha value is -4.86. The van der Waals surface area contributed by atoms with E-state index >= 15 is 0 Å². The molecule has 4 aromatic rings. The number of halogens is 1. The summed E-state index contributed by atoms with van der Waals surface area (Å²) in [7, 11) is 5.59. The number of aromatic nitrogens is 5. The lowest BCUT2D eigenvalue weighted by Crippen LogP contribution is -2.39. The Morgan fingerprint density at radius 1 is 1.27 bits per heavy atom. The van der Waals surface area contributed by atoms with Gasteiger partial charge in [-0.2, -0.15) is 0 Å². The predicted octanol–water partition coefficient (Wildman–Crippen LogP) is 4.12. The molecular formula is C27H27ClN9O3+. The highest BCUT2D eigenvalue weighted by molar-refractivity contribution is 6.31. The van der Waals surface area contributed by atoms with Gasteiger partial charge < -0.3 is 29.8 Å². The van der Waals surface area contributed by atoms with Crippen molar-refractivity contribution in [2.75, 3.05) is 31.3 Å². The lowest BCUT2D eigenvalue weighted by Gasteiger charge is -2.28. The molecule has 4 rings (SSSR count). The van der Waals surface area contributed by atoms with Crippen LogP contribution in [0.5, 0.6) is 0 Å². The Balaban J connectivity index is 1.45. The van der Waals surface area contributed by atoms with Crippen molar-refractivity contribution < 1.29 is 14.2 Å². The van der Waals surface area contributed by atoms with Gasteiger partial charge in [0.15, 0.2) is 5.69 Å². The topological polar surface area (TPSA) is 141 Å². The standard InChI is InChI=1S/C27H26ClN9O3/c1-6-18-12-19(9-10-21(18)28)33-26-20-13-24(29-14-22(20)30-16-31-26)34-25(38)8-7-11-37(4,5)15-23-27(36(39)40)32-17(2)35(23)3/h1,7-10,12-14,16H,11,15H2,2-5H3,(H-,29,30,31,33,34,38)/p+1/b8-7+. The van der Waals surface area contributed by atoms with Crippen molar-refractivity contribution in [2.24, 2.45) is 7.05 Å². The minimum absolute atomic E-state index is 0.152. The fourth-order valence-electron chi connectivity index (χ4n) is 4.02. The van der Waals surface area contributed by atoms with Crippen LogP contribution in [0, 0.1) is 29.4 Å². The number of fused-ring (bicyclic) bond motifs is 1. The summed E-state index contributed by atoms with van der Waals surface area (Å²) >= 11 is 6.11. The van der Waals surface area contributed by atoms with Crippen LogP contribution in [0.3, 0.4) is 0 Å². The van der Waals surface area contributed by atoms with Gasteiger partial charge in [-0.1, -0.05) is 17.5 Å². The zero-order valence-corrected chi connectivity index (χ0v) is 23.1. The summed E-state index contributed by atoms with van der Waals surface area (Å²) in [6.07, 6.45) is 11.6. The normalized spacial score (nSPS) is 11.5. The minimum atomic E-state index is -0.474. The van der Waals surface area contributed by atoms with Crippen LogP contribution in [-0.4, -0.2) is 60.5 Å². The number of rotatable bonds is 9. The number of anilines is 3. The largest absolute Gasteiger partial charge is 0.391 e. The molecule has 0 bridgehead atoms. The maximum Gasteiger partial charge on any atom is 0.391 e. The molecule has 3 heterocycles. The van der Waals surface area contributed by atoms with Gasteiger partial charge in [-0.15, -0.1) is 6.42 Å². The monoisotopic (exact) mass is 560 g/mol. The van der Waals surface area contributed by atoms with Gasteiger partial charge in [0.2, 0.25) is 11.7 Å². The Labute approximate surface area is 235 Å². The van der Waals surface area contributed by atoms with Crippen molar-refractivity contribution in [1.82, 2.24) is 24.5 Å². The molecule has 3 aromatic heterocycles. The van der Waals surface area contributed by atoms with E-state index in [1.807, 2.05) is 14.1 Å². The van der Waals surface area contributed by atoms with Gasteiger partial charge in [-0.25, -0.2) is 15.0 Å². The SMILES string of the molecule is C#Cc1cc(Nc2ncnc3cnc(NC(=O)/C=C/C[N+](C)(C)Cc4c([N+](=O)[O-])nc(C)n4C)cc23)ccc1Cl. The van der Waals surface area contributed by atoms with Gasteiger partial charge in [0.05, 0.1) is 37.4 Å². The van der Waals surface area contributed by atoms with E-state index < -0.39 is 4.92 Å². The minimum Gasteiger partial charge on any atom is -0.358 e. The number of aryl methyl sites for hydroxylation is 1. The maximum absolute atomic E-state index is 12.6. The number of nitrogens with zero attached hydrogens (tertiary/aromatic N) is 7. The van der Waals surface area contributed by atoms with Crippen LogP contribution in [0.2, 0.25) is 5.02 Å². The number of hydrogen-bond acceptors (Lipinski definition) is 8. The molecule has 204 valence electrons. The molecule has 0 fully saturated rings. The number of pyridine rings is 1. The van der Waals surface area contributed by atoms with Crippen LogP contribution in [0.15, 0.2) is 48.9 Å². The van der Waals surface area contributed by atoms with Crippen molar-refractivity contribution in [1.29, 1.82) is 0 Å². The number of carbonyl (C=O) groups excluding carboxylic acids is 1. The van der Waals surface area contributed by atoms with Crippen molar-refractivity contribution in [3.63, 3.8) is 0 Å². The summed E-state index contributed by atoms with van der Waals surface area (Å²) in [5.74, 6) is 3.39. The van der Waals surface area contributed by atoms with E-state index in [4.69, 9.17) is 18.0 Å². The molecule has 0 radical (unpaired) electrons. The first-order valence-electron chi connectivity index (χ1n) is 12.1. The Morgan fingerprint density at radius 3 is 2.77 bits per heavy atom. The van der Waals surface area contributed by atoms with Crippen LogP contribution in [-0.2, 0) is 18.4 Å². The summed E-state index contributed by atoms with van der Waals surface area (Å²) in [6, 6.07) is 6.88. The molecule has 0 saturated heterocycles. The Kier molecular flexibility index (Phi) is 8.08. The van der Waals surface area contributed by atoms with Gasteiger partial charge in [0.25, 0.3) is 0 Å². The lowest BCUT2D eigenvalue weighted by molar-refractivity contribution is -0.898. The van der Waals surface area contributed by atoms with Crippen LogP contribution in [0.1, 0.15) is 17.1 Å². The molecule has 13 heteroatoms. The molecule has 12 nitrogen and oxygen atoms in total. The number of nitrogens with one attached hydrogen (secondary N) is 2. The molecule has 0 unspecified atom stereocenters. The summed E-state index contributed by atoms with van der Waals surface area (Å²) in [4.78, 5) is 40.5. The van der Waals surface area contributed by atoms with E-state index in [1.54, 1.807) is 55.1 Å². The maximum atomic E-state index is 12.6. The molecule has 1 aromatic carbocycles. The molecule has 0 aliphatic carbocycles. The molecule has 40 heavy (non-hydrogen) atoms. The number of carbonyl (C=O) groups is 1. The second kappa shape index (κ2) is 11.5. The Bertz CT molecular complexity index is 1690. The van der Waals surface area contributed by atoms with Crippen LogP contribution in [0.25, 0.3) is 10.9 Å². The number of quaternary nitrogens is 1. The van der Waals surface area contributed by atoms with Gasteiger partial charge in [-0.05, 0) is 40.2 Å². The fraction of sp³-hybridized carbons (Fsp3) is 0.222. The van der Waals surface area contributed by atoms with E-state index in [9.17, 15) is 14.9 Å². The van der Waals surface area contributed by atoms with Gasteiger partial charge in [0, 0.05) is 36.7 Å². The van der Waals surface area contributed by atoms with E-state index in [0.717, 1.165) is 0 Å². The van der Waals surface area contributed by atoms with Gasteiger partial charge >= 0.3 is 5.82 Å². The van der Waals surface area contributed by atoms with E-state index in [2.05, 4.69) is 36.5 Å². The molecule has 2 N–H and O–H groups in total. The van der Waals surface area contributed by atoms with Crippen molar-refractivity contribution >= 4 is 51.6 Å². The number of likely N-dealkylation sites (N-methyl/N-ethyl adjacent to an activating group) is 1. The predicted molar refractivity (Wildman–Crippen MR) is 153 cm³/mol. The number of terminal acetylenes is 1. The highest BCUT2D eigenvalue weighted by Crippen LogP contribution is 2.27. The third-order valence-electron chi connectivity index (χ3n) is 6.19. The summed E-state index contributed by atoms with van der Waals surface area (Å²) in [5, 5.41) is 18.5. The summed E-state index contributed by atoms with van der Waals surface area (Å²) in [6.45, 7) is 2.53. The van der Waals surface area contributed by atoms with E-state index in [-0.39, 0.29) is 11.7 Å². The molecule has 0 aliphatic heterocycles. The molecular weight excluding hydrogens is 534 g/mol. The van der Waals surface area contributed by atoms with Crippen molar-refractivity contribution in [2.45, 2.75) is 13.5 Å². The quantitative estimate of drug-likeness (QED) is 0.102. The molecule has 0 atom stereocenters. The van der Waals surface area contributed by atoms with Crippen LogP contribution in [0.4, 0.5) is 23.1 Å². The third kappa shape index (κ3) is 6.40. The second-order valence-corrected chi connectivity index (χ2v) is 10.1. The van der Waals surface area contributed by atoms with E-state index in [0.29, 0.717) is 67.9 Å². The summed E-state index contributed by atoms with van der Waals surface area (Å²) < 4.78 is 2.09. The number of benzene rings is 1. The first-order valence-corrected chi connectivity index (χ1v) is 12.5. The highest BCUT2D eigenvalue weighted by atomic mass is 35.5. The zero-order chi connectivity index (χ0) is 29.0. The van der Waals surface area contributed by atoms with E-state index in [1.165, 1.54) is 12.4 Å². The summed E-state index contributed by atoms with van der Waals surface area (Å²) in [5.41, 5.74) is 2.33. The molecule has 0 aliphatic rings. The molecule has 0 saturated carbocycles. The van der Waals surface area contributed by atoms with Crippen LogP contribution < -0.4 is 10.6 Å². The number of nitro groups is 1. The van der Waals surface area contributed by atoms with Gasteiger partial charge in [0.1, 0.15) is 24.5 Å². The van der Waals surface area contributed by atoms with Gasteiger partial charge in [-0.3, -0.25) is 4.79 Å². The Morgan fingerprint density at radius 2 is 2.05 bits per heavy atom. The van der Waals surface area contributed by atoms with Crippen molar-refractivity contribution in [3.05, 3.63) is 81.2 Å². The average Bonchev–Trinajstić information content (AvgIpc) is 3.18. The molecule has 0 spiro atoms. The first kappa shape index (κ1) is 28.2. The van der Waals surface area contributed by atoms with Crippen molar-refractivity contribution in [3.8, 4) is 12.3 Å². The number of imidazole rings is 1. The number of amides is 1. The third-order valence-corrected chi connectivity index (χ3v) is 6.52. The zero-order valence-electron chi connectivity index (χ0n) is 22.3. The molecule has 1 amide bonds. The fourth-order valence-corrected chi connectivity index (χ4v) is 4.19.